The van der Waals surface area contributed by atoms with Gasteiger partial charge in [0, 0.05) is 43.0 Å². The van der Waals surface area contributed by atoms with Gasteiger partial charge in [-0.3, -0.25) is 0 Å². The summed E-state index contributed by atoms with van der Waals surface area (Å²) >= 11 is 0. The first-order chi connectivity index (χ1) is 13.8. The highest BCUT2D eigenvalue weighted by Gasteiger charge is 2.18. The first kappa shape index (κ1) is 18.3. The van der Waals surface area contributed by atoms with Crippen LogP contribution in [0.15, 0.2) is 54.6 Å². The number of para-hydroxylation sites is 1. The maximum absolute atomic E-state index is 9.29. The van der Waals surface area contributed by atoms with Crippen molar-refractivity contribution < 1.29 is 5.11 Å². The monoisotopic (exact) mass is 372 g/mol. The topological polar surface area (TPSA) is 72.2 Å². The number of benzene rings is 2. The molecule has 1 saturated heterocycles. The van der Waals surface area contributed by atoms with E-state index in [9.17, 15) is 10.4 Å². The summed E-state index contributed by atoms with van der Waals surface area (Å²) in [6.45, 7) is 2.99. The molecule has 5 heteroatoms. The molecule has 0 aliphatic carbocycles. The minimum absolute atomic E-state index is 0.301. The van der Waals surface area contributed by atoms with Crippen molar-refractivity contribution in [2.24, 2.45) is 5.92 Å². The number of fused-ring (bicyclic) bond motifs is 1. The molecule has 2 heterocycles. The Morgan fingerprint density at radius 1 is 1.11 bits per heavy atom. The van der Waals surface area contributed by atoms with E-state index in [4.69, 9.17) is 0 Å². The zero-order valence-corrected chi connectivity index (χ0v) is 15.8. The predicted molar refractivity (Wildman–Crippen MR) is 112 cm³/mol. The van der Waals surface area contributed by atoms with E-state index in [2.05, 4.69) is 45.5 Å². The van der Waals surface area contributed by atoms with Gasteiger partial charge in [-0.15, -0.1) is 0 Å². The minimum atomic E-state index is 0.301. The first-order valence-electron chi connectivity index (χ1n) is 9.75. The predicted octanol–water partition coefficient (Wildman–Crippen LogP) is 3.93. The highest BCUT2D eigenvalue weighted by atomic mass is 16.3. The second-order valence-electron chi connectivity index (χ2n) is 7.32. The van der Waals surface area contributed by atoms with Crippen molar-refractivity contribution in [3.05, 3.63) is 65.9 Å². The van der Waals surface area contributed by atoms with E-state index < -0.39 is 0 Å². The Balaban J connectivity index is 1.45. The van der Waals surface area contributed by atoms with Crippen LogP contribution in [-0.4, -0.2) is 29.8 Å². The lowest BCUT2D eigenvalue weighted by atomic mass is 9.97. The van der Waals surface area contributed by atoms with E-state index in [0.717, 1.165) is 42.5 Å². The molecular formula is C23H24N4O. The molecule has 0 saturated carbocycles. The molecule has 1 fully saturated rings. The van der Waals surface area contributed by atoms with Crippen LogP contribution in [0.5, 0.6) is 0 Å². The lowest BCUT2D eigenvalue weighted by Gasteiger charge is -2.33. The number of nitrogens with one attached hydrogen (secondary N) is 1. The quantitative estimate of drug-likeness (QED) is 0.710. The molecule has 0 amide bonds. The van der Waals surface area contributed by atoms with E-state index in [1.165, 1.54) is 11.3 Å². The summed E-state index contributed by atoms with van der Waals surface area (Å²) in [5, 5.41) is 23.0. The lowest BCUT2D eigenvalue weighted by Crippen LogP contribution is -2.34. The lowest BCUT2D eigenvalue weighted by molar-refractivity contribution is 0.203. The van der Waals surface area contributed by atoms with Gasteiger partial charge >= 0.3 is 0 Å². The number of aliphatic hydroxyl groups is 1. The Morgan fingerprint density at radius 3 is 2.57 bits per heavy atom. The van der Waals surface area contributed by atoms with E-state index in [-0.39, 0.29) is 0 Å². The number of pyridine rings is 1. The van der Waals surface area contributed by atoms with Gasteiger partial charge in [0.25, 0.3) is 0 Å². The van der Waals surface area contributed by atoms with E-state index >= 15 is 0 Å². The smallest absolute Gasteiger partial charge is 0.143 e. The molecule has 2 N–H and O–H groups in total. The maximum Gasteiger partial charge on any atom is 0.143 e. The number of aliphatic hydroxyl groups excluding tert-OH is 1. The third-order valence-electron chi connectivity index (χ3n) is 5.49. The highest BCUT2D eigenvalue weighted by molar-refractivity contribution is 5.91. The Kier molecular flexibility index (Phi) is 5.41. The largest absolute Gasteiger partial charge is 0.396 e. The van der Waals surface area contributed by atoms with Crippen LogP contribution in [0.4, 0.5) is 11.4 Å². The average Bonchev–Trinajstić information content (AvgIpc) is 2.77. The molecule has 1 aliphatic rings. The Labute approximate surface area is 165 Å². The summed E-state index contributed by atoms with van der Waals surface area (Å²) in [6, 6.07) is 20.4. The van der Waals surface area contributed by atoms with Gasteiger partial charge in [0.15, 0.2) is 0 Å². The standard InChI is InChI=1S/C23H24N4O/c24-14-19-13-23(21-3-1-2-4-22(21)26-19)25-15-17-5-7-20(8-6-17)27-11-9-18(16-28)10-12-27/h1-8,13,18,28H,9-12,15-16H2,(H,25,26). The molecule has 0 bridgehead atoms. The van der Waals surface area contributed by atoms with Crippen molar-refractivity contribution >= 4 is 22.3 Å². The molecule has 142 valence electrons. The molecule has 1 aromatic heterocycles. The van der Waals surface area contributed by atoms with Crippen LogP contribution in [0.25, 0.3) is 10.9 Å². The minimum Gasteiger partial charge on any atom is -0.396 e. The van der Waals surface area contributed by atoms with Crippen molar-refractivity contribution in [3.8, 4) is 6.07 Å². The number of hydrogen-bond donors (Lipinski definition) is 2. The molecule has 0 radical (unpaired) electrons. The van der Waals surface area contributed by atoms with Crippen LogP contribution in [0.1, 0.15) is 24.1 Å². The van der Waals surface area contributed by atoms with E-state index in [0.29, 0.717) is 24.8 Å². The molecule has 2 aromatic carbocycles. The Morgan fingerprint density at radius 2 is 1.86 bits per heavy atom. The van der Waals surface area contributed by atoms with Gasteiger partial charge in [-0.1, -0.05) is 30.3 Å². The second kappa shape index (κ2) is 8.28. The van der Waals surface area contributed by atoms with Crippen LogP contribution in [-0.2, 0) is 6.54 Å². The molecule has 3 aromatic rings. The average molecular weight is 372 g/mol. The molecule has 0 unspecified atom stereocenters. The molecule has 28 heavy (non-hydrogen) atoms. The van der Waals surface area contributed by atoms with Gasteiger partial charge < -0.3 is 15.3 Å². The van der Waals surface area contributed by atoms with Crippen LogP contribution in [0, 0.1) is 17.2 Å². The van der Waals surface area contributed by atoms with Gasteiger partial charge in [0.1, 0.15) is 11.8 Å². The SMILES string of the molecule is N#Cc1cc(NCc2ccc(N3CCC(CO)CC3)cc2)c2ccccc2n1. The number of rotatable bonds is 5. The summed E-state index contributed by atoms with van der Waals surface area (Å²) in [5.74, 6) is 0.452. The van der Waals surface area contributed by atoms with Gasteiger partial charge in [0.2, 0.25) is 0 Å². The molecule has 0 spiro atoms. The van der Waals surface area contributed by atoms with Crippen molar-refractivity contribution in [2.75, 3.05) is 29.9 Å². The van der Waals surface area contributed by atoms with Crippen molar-refractivity contribution in [1.29, 1.82) is 5.26 Å². The van der Waals surface area contributed by atoms with Crippen molar-refractivity contribution in [2.45, 2.75) is 19.4 Å². The van der Waals surface area contributed by atoms with E-state index in [1.807, 2.05) is 30.3 Å². The molecule has 0 atom stereocenters. The summed E-state index contributed by atoms with van der Waals surface area (Å²) in [6.07, 6.45) is 2.10. The maximum atomic E-state index is 9.29. The number of hydrogen-bond acceptors (Lipinski definition) is 5. The molecular weight excluding hydrogens is 348 g/mol. The fourth-order valence-corrected chi connectivity index (χ4v) is 3.77. The Hall–Kier alpha value is -3.10. The highest BCUT2D eigenvalue weighted by Crippen LogP contribution is 2.25. The number of nitrogens with zero attached hydrogens (tertiary/aromatic N) is 3. The van der Waals surface area contributed by atoms with Crippen LogP contribution in [0.2, 0.25) is 0 Å². The molecule has 5 nitrogen and oxygen atoms in total. The molecule has 1 aliphatic heterocycles. The van der Waals surface area contributed by atoms with Crippen LogP contribution in [0.3, 0.4) is 0 Å². The van der Waals surface area contributed by atoms with Gasteiger partial charge in [-0.05, 0) is 48.6 Å². The fourth-order valence-electron chi connectivity index (χ4n) is 3.77. The van der Waals surface area contributed by atoms with Gasteiger partial charge in [-0.2, -0.15) is 5.26 Å². The van der Waals surface area contributed by atoms with Crippen LogP contribution < -0.4 is 10.2 Å². The fraction of sp³-hybridized carbons (Fsp3) is 0.304. The summed E-state index contributed by atoms with van der Waals surface area (Å²) in [5.41, 5.74) is 4.60. The number of nitriles is 1. The Bertz CT molecular complexity index is 986. The number of piperidine rings is 1. The van der Waals surface area contributed by atoms with E-state index in [1.54, 1.807) is 0 Å². The number of aromatic nitrogens is 1. The van der Waals surface area contributed by atoms with Gasteiger partial charge in [0.05, 0.1) is 5.52 Å². The second-order valence-corrected chi connectivity index (χ2v) is 7.32. The van der Waals surface area contributed by atoms with Crippen molar-refractivity contribution in [1.82, 2.24) is 4.98 Å². The normalized spacial score (nSPS) is 14.8. The number of anilines is 2. The zero-order valence-electron chi connectivity index (χ0n) is 15.8. The first-order valence-corrected chi connectivity index (χ1v) is 9.75. The van der Waals surface area contributed by atoms with Gasteiger partial charge in [-0.25, -0.2) is 4.98 Å². The van der Waals surface area contributed by atoms with Crippen molar-refractivity contribution in [3.63, 3.8) is 0 Å². The summed E-state index contributed by atoms with van der Waals surface area (Å²) in [4.78, 5) is 6.75. The zero-order chi connectivity index (χ0) is 19.3. The summed E-state index contributed by atoms with van der Waals surface area (Å²) in [7, 11) is 0. The molecule has 4 rings (SSSR count). The third kappa shape index (κ3) is 3.92. The van der Waals surface area contributed by atoms with Crippen LogP contribution >= 0.6 is 0 Å². The summed E-state index contributed by atoms with van der Waals surface area (Å²) < 4.78 is 0. The third-order valence-corrected chi connectivity index (χ3v) is 5.49.